The van der Waals surface area contributed by atoms with E-state index >= 15 is 0 Å². The van der Waals surface area contributed by atoms with Gasteiger partial charge in [-0.25, -0.2) is 0 Å². The Balaban J connectivity index is 3.87. The number of thioether (sulfide) groups is 1. The van der Waals surface area contributed by atoms with E-state index < -0.39 is 12.6 Å². The number of carbonyl (C=O) groups is 1. The third-order valence-corrected chi connectivity index (χ3v) is 4.60. The average Bonchev–Trinajstić information content (AvgIpc) is 2.36. The molecule has 0 aliphatic carbocycles. The van der Waals surface area contributed by atoms with Crippen molar-refractivity contribution in [2.45, 2.75) is 70.7 Å². The molecule has 0 heterocycles. The third-order valence-electron chi connectivity index (χ3n) is 2.98. The van der Waals surface area contributed by atoms with Gasteiger partial charge < -0.3 is 4.74 Å². The lowest BCUT2D eigenvalue weighted by Crippen LogP contribution is -2.26. The van der Waals surface area contributed by atoms with Crippen LogP contribution in [0.5, 0.6) is 0 Å². The highest BCUT2D eigenvalue weighted by Crippen LogP contribution is 2.25. The van der Waals surface area contributed by atoms with Gasteiger partial charge in [-0.15, -0.1) is 11.8 Å². The summed E-state index contributed by atoms with van der Waals surface area (Å²) in [5, 5.41) is -0.218. The molecule has 0 aliphatic rings. The number of halogens is 3. The van der Waals surface area contributed by atoms with Crippen molar-refractivity contribution >= 4 is 17.7 Å². The Kier molecular flexibility index (Phi) is 11.0. The highest BCUT2D eigenvalue weighted by atomic mass is 32.2. The van der Waals surface area contributed by atoms with Gasteiger partial charge >= 0.3 is 12.1 Å². The van der Waals surface area contributed by atoms with Gasteiger partial charge in [-0.3, -0.25) is 4.79 Å². The van der Waals surface area contributed by atoms with E-state index in [4.69, 9.17) is 4.74 Å². The summed E-state index contributed by atoms with van der Waals surface area (Å²) in [6, 6.07) is 0. The molecule has 0 rings (SSSR count). The van der Waals surface area contributed by atoms with E-state index in [9.17, 15) is 18.0 Å². The van der Waals surface area contributed by atoms with Crippen LogP contribution in [-0.4, -0.2) is 29.8 Å². The van der Waals surface area contributed by atoms with Gasteiger partial charge in [0.1, 0.15) is 5.25 Å². The van der Waals surface area contributed by atoms with E-state index in [-0.39, 0.29) is 23.6 Å². The number of unbranched alkanes of at least 4 members (excludes halogenated alkanes) is 3. The Labute approximate surface area is 130 Å². The van der Waals surface area contributed by atoms with Crippen molar-refractivity contribution in [2.75, 3.05) is 12.4 Å². The van der Waals surface area contributed by atoms with Crippen molar-refractivity contribution in [3.05, 3.63) is 0 Å². The number of hydrogen-bond acceptors (Lipinski definition) is 3. The summed E-state index contributed by atoms with van der Waals surface area (Å²) in [4.78, 5) is 11.9. The maximum absolute atomic E-state index is 12.0. The molecule has 0 amide bonds. The van der Waals surface area contributed by atoms with Crippen LogP contribution in [-0.2, 0) is 9.53 Å². The lowest BCUT2D eigenvalue weighted by molar-refractivity contribution is -0.143. The van der Waals surface area contributed by atoms with Crippen LogP contribution in [0.1, 0.15) is 59.3 Å². The van der Waals surface area contributed by atoms with E-state index in [0.29, 0.717) is 25.2 Å². The summed E-state index contributed by atoms with van der Waals surface area (Å²) in [5.74, 6) is 0.668. The van der Waals surface area contributed by atoms with Crippen LogP contribution in [0, 0.1) is 5.92 Å². The third kappa shape index (κ3) is 11.9. The molecule has 0 aromatic heterocycles. The second-order valence-electron chi connectivity index (χ2n) is 5.48. The van der Waals surface area contributed by atoms with Crippen LogP contribution in [0.4, 0.5) is 13.2 Å². The summed E-state index contributed by atoms with van der Waals surface area (Å²) in [6.45, 7) is 6.40. The van der Waals surface area contributed by atoms with Gasteiger partial charge in [0.25, 0.3) is 0 Å². The number of esters is 1. The molecule has 0 radical (unpaired) electrons. The maximum atomic E-state index is 12.0. The van der Waals surface area contributed by atoms with Crippen LogP contribution in [0.25, 0.3) is 0 Å². The van der Waals surface area contributed by atoms with E-state index in [1.807, 2.05) is 20.8 Å². The van der Waals surface area contributed by atoms with E-state index in [1.165, 1.54) is 11.8 Å². The van der Waals surface area contributed by atoms with Crippen LogP contribution in [0.3, 0.4) is 0 Å². The fraction of sp³-hybridized carbons (Fsp3) is 0.933. The van der Waals surface area contributed by atoms with Crippen molar-refractivity contribution < 1.29 is 22.7 Å². The molecule has 0 spiro atoms. The molecular weight excluding hydrogens is 301 g/mol. The SMILES string of the molecule is CCCCOC(=O)C(SCCCCCC(F)(F)F)C(C)C. The topological polar surface area (TPSA) is 26.3 Å². The second-order valence-corrected chi connectivity index (χ2v) is 6.73. The van der Waals surface area contributed by atoms with Crippen molar-refractivity contribution in [1.29, 1.82) is 0 Å². The van der Waals surface area contributed by atoms with E-state index in [0.717, 1.165) is 12.8 Å². The van der Waals surface area contributed by atoms with Crippen LogP contribution in [0.15, 0.2) is 0 Å². The molecule has 0 saturated heterocycles. The predicted molar refractivity (Wildman–Crippen MR) is 81.5 cm³/mol. The number of hydrogen-bond donors (Lipinski definition) is 0. The molecule has 0 fully saturated rings. The Morgan fingerprint density at radius 2 is 1.81 bits per heavy atom. The molecule has 0 saturated carbocycles. The fourth-order valence-corrected chi connectivity index (χ4v) is 2.96. The number of ether oxygens (including phenoxy) is 1. The lowest BCUT2D eigenvalue weighted by atomic mass is 10.1. The zero-order chi connectivity index (χ0) is 16.3. The van der Waals surface area contributed by atoms with E-state index in [2.05, 4.69) is 0 Å². The van der Waals surface area contributed by atoms with Gasteiger partial charge in [-0.05, 0) is 30.9 Å². The Bertz CT molecular complexity index is 281. The van der Waals surface area contributed by atoms with Crippen molar-refractivity contribution in [3.63, 3.8) is 0 Å². The fourth-order valence-electron chi connectivity index (χ4n) is 1.75. The van der Waals surface area contributed by atoms with Gasteiger partial charge in [0.05, 0.1) is 6.61 Å². The molecule has 126 valence electrons. The molecule has 21 heavy (non-hydrogen) atoms. The highest BCUT2D eigenvalue weighted by molar-refractivity contribution is 8.00. The molecule has 2 nitrogen and oxygen atoms in total. The summed E-state index contributed by atoms with van der Waals surface area (Å²) < 4.78 is 41.2. The molecular formula is C15H27F3O2S. The monoisotopic (exact) mass is 328 g/mol. The Morgan fingerprint density at radius 3 is 2.33 bits per heavy atom. The first-order valence-corrected chi connectivity index (χ1v) is 8.67. The lowest BCUT2D eigenvalue weighted by Gasteiger charge is -2.19. The van der Waals surface area contributed by atoms with Gasteiger partial charge in [0, 0.05) is 6.42 Å². The molecule has 6 heteroatoms. The second kappa shape index (κ2) is 11.2. The smallest absolute Gasteiger partial charge is 0.389 e. The van der Waals surface area contributed by atoms with Gasteiger partial charge in [0.15, 0.2) is 0 Å². The van der Waals surface area contributed by atoms with Gasteiger partial charge in [0.2, 0.25) is 0 Å². The summed E-state index contributed by atoms with van der Waals surface area (Å²) in [6.07, 6.45) is -1.53. The highest BCUT2D eigenvalue weighted by Gasteiger charge is 2.26. The molecule has 0 N–H and O–H groups in total. The number of rotatable bonds is 11. The average molecular weight is 328 g/mol. The molecule has 0 aliphatic heterocycles. The standard InChI is InChI=1S/C15H27F3O2S/c1-4-5-10-20-14(19)13(12(2)3)21-11-8-6-7-9-15(16,17)18/h12-13H,4-11H2,1-3H3. The van der Waals surface area contributed by atoms with Crippen LogP contribution in [0.2, 0.25) is 0 Å². The molecule has 0 bridgehead atoms. The summed E-state index contributed by atoms with van der Waals surface area (Å²) >= 11 is 1.50. The van der Waals surface area contributed by atoms with Crippen molar-refractivity contribution in [2.24, 2.45) is 5.92 Å². The number of carbonyl (C=O) groups excluding carboxylic acids is 1. The van der Waals surface area contributed by atoms with Crippen LogP contribution >= 0.6 is 11.8 Å². The van der Waals surface area contributed by atoms with E-state index in [1.54, 1.807) is 0 Å². The predicted octanol–water partition coefficient (Wildman–Crippen LogP) is 5.21. The zero-order valence-corrected chi connectivity index (χ0v) is 14.0. The minimum absolute atomic E-state index is 0.164. The minimum atomic E-state index is -4.06. The molecule has 1 unspecified atom stereocenters. The van der Waals surface area contributed by atoms with Crippen molar-refractivity contribution in [1.82, 2.24) is 0 Å². The maximum Gasteiger partial charge on any atom is 0.389 e. The summed E-state index contributed by atoms with van der Waals surface area (Å²) in [7, 11) is 0. The van der Waals surface area contributed by atoms with Crippen molar-refractivity contribution in [3.8, 4) is 0 Å². The minimum Gasteiger partial charge on any atom is -0.465 e. The Hall–Kier alpha value is -0.390. The summed E-state index contributed by atoms with van der Waals surface area (Å²) in [5.41, 5.74) is 0. The Morgan fingerprint density at radius 1 is 1.14 bits per heavy atom. The first-order valence-electron chi connectivity index (χ1n) is 7.63. The normalized spacial score (nSPS) is 13.5. The molecule has 0 aromatic carbocycles. The number of alkyl halides is 3. The van der Waals surface area contributed by atoms with Gasteiger partial charge in [-0.2, -0.15) is 13.2 Å². The first kappa shape index (κ1) is 20.6. The first-order chi connectivity index (χ1) is 9.78. The quantitative estimate of drug-likeness (QED) is 0.385. The zero-order valence-electron chi connectivity index (χ0n) is 13.2. The van der Waals surface area contributed by atoms with Crippen LogP contribution < -0.4 is 0 Å². The molecule has 1 atom stereocenters. The largest absolute Gasteiger partial charge is 0.465 e. The van der Waals surface area contributed by atoms with Gasteiger partial charge in [-0.1, -0.05) is 33.6 Å². The molecule has 0 aromatic rings.